The van der Waals surface area contributed by atoms with Gasteiger partial charge in [0.1, 0.15) is 22.5 Å². The minimum absolute atomic E-state index is 0.279. The van der Waals surface area contributed by atoms with Crippen molar-refractivity contribution >= 4 is 39.9 Å². The number of ether oxygens (including phenoxy) is 1. The molecule has 3 aromatic heterocycles. The molecule has 0 aromatic carbocycles. The van der Waals surface area contributed by atoms with Gasteiger partial charge in [-0.15, -0.1) is 0 Å². The first kappa shape index (κ1) is 23.0. The van der Waals surface area contributed by atoms with Crippen molar-refractivity contribution in [2.75, 3.05) is 70.2 Å². The number of amides is 1. The second-order valence-electron chi connectivity index (χ2n) is 9.65. The van der Waals surface area contributed by atoms with E-state index in [9.17, 15) is 4.79 Å². The summed E-state index contributed by atoms with van der Waals surface area (Å²) < 4.78 is 5.53. The Bertz CT molecular complexity index is 1130. The van der Waals surface area contributed by atoms with Gasteiger partial charge in [0, 0.05) is 52.5 Å². The molecular weight excluding hydrogens is 422 g/mol. The average Bonchev–Trinajstić information content (AvgIpc) is 3.25. The number of aromatic amines is 1. The van der Waals surface area contributed by atoms with Crippen LogP contribution in [0.3, 0.4) is 0 Å². The number of nitrogens with one attached hydrogen (secondary N) is 1. The van der Waals surface area contributed by atoms with Crippen LogP contribution in [0, 0.1) is 0 Å². The third-order valence-electron chi connectivity index (χ3n) is 5.53. The van der Waals surface area contributed by atoms with Crippen LogP contribution in [0.25, 0.3) is 22.1 Å². The normalized spacial score (nSPS) is 15.0. The van der Waals surface area contributed by atoms with Gasteiger partial charge in [-0.2, -0.15) is 4.98 Å². The molecule has 0 spiro atoms. The van der Waals surface area contributed by atoms with Crippen LogP contribution >= 0.6 is 0 Å². The Hall–Kier alpha value is -3.21. The van der Waals surface area contributed by atoms with Crippen molar-refractivity contribution in [1.29, 1.82) is 0 Å². The molecule has 178 valence electrons. The second-order valence-corrected chi connectivity index (χ2v) is 9.65. The predicted molar refractivity (Wildman–Crippen MR) is 129 cm³/mol. The van der Waals surface area contributed by atoms with Crippen LogP contribution in [-0.2, 0) is 4.74 Å². The molecule has 3 aromatic rings. The van der Waals surface area contributed by atoms with E-state index in [0.717, 1.165) is 35.3 Å². The molecule has 4 heterocycles. The number of aromatic nitrogens is 5. The first-order valence-corrected chi connectivity index (χ1v) is 11.2. The molecule has 0 saturated carbocycles. The minimum Gasteiger partial charge on any atom is -0.444 e. The lowest BCUT2D eigenvalue weighted by Crippen LogP contribution is -2.50. The standard InChI is InChI=1S/C22H33N9O2/c1-22(2,3)33-21(32)31-11-9-30(10-12-31)19-15-13-23-18-17(24-14-25-18)16(15)26-20(27-19)29(6)8-7-28(4)5/h13-14H,7-12H2,1-6H3,(H,23,24,25). The molecule has 1 aliphatic rings. The van der Waals surface area contributed by atoms with E-state index < -0.39 is 5.60 Å². The molecule has 1 saturated heterocycles. The van der Waals surface area contributed by atoms with Crippen molar-refractivity contribution in [2.45, 2.75) is 26.4 Å². The highest BCUT2D eigenvalue weighted by Crippen LogP contribution is 2.30. The molecule has 11 heteroatoms. The van der Waals surface area contributed by atoms with Crippen molar-refractivity contribution in [2.24, 2.45) is 0 Å². The van der Waals surface area contributed by atoms with Crippen molar-refractivity contribution in [3.05, 3.63) is 12.5 Å². The lowest BCUT2D eigenvalue weighted by molar-refractivity contribution is 0.0240. The maximum absolute atomic E-state index is 12.5. The van der Waals surface area contributed by atoms with E-state index in [1.54, 1.807) is 17.4 Å². The summed E-state index contributed by atoms with van der Waals surface area (Å²) in [6.45, 7) is 9.72. The quantitative estimate of drug-likeness (QED) is 0.618. The Balaban J connectivity index is 1.64. The zero-order chi connectivity index (χ0) is 23.8. The van der Waals surface area contributed by atoms with E-state index in [1.807, 2.05) is 41.9 Å². The molecule has 1 N–H and O–H groups in total. The highest BCUT2D eigenvalue weighted by atomic mass is 16.6. The summed E-state index contributed by atoms with van der Waals surface area (Å²) in [5, 5.41) is 0.852. The van der Waals surface area contributed by atoms with Crippen LogP contribution in [0.2, 0.25) is 0 Å². The molecule has 4 rings (SSSR count). The summed E-state index contributed by atoms with van der Waals surface area (Å²) in [4.78, 5) is 42.4. The largest absolute Gasteiger partial charge is 0.444 e. The Kier molecular flexibility index (Phi) is 6.24. The molecule has 11 nitrogen and oxygen atoms in total. The number of anilines is 2. The number of H-pyrrole nitrogens is 1. The molecule has 0 atom stereocenters. The number of hydrogen-bond donors (Lipinski definition) is 1. The highest BCUT2D eigenvalue weighted by molar-refractivity contribution is 6.04. The summed E-state index contributed by atoms with van der Waals surface area (Å²) in [5.74, 6) is 1.46. The van der Waals surface area contributed by atoms with E-state index in [2.05, 4.69) is 29.7 Å². The van der Waals surface area contributed by atoms with Gasteiger partial charge in [-0.25, -0.2) is 19.7 Å². The highest BCUT2D eigenvalue weighted by Gasteiger charge is 2.28. The van der Waals surface area contributed by atoms with E-state index in [4.69, 9.17) is 14.7 Å². The fourth-order valence-corrected chi connectivity index (χ4v) is 3.72. The van der Waals surface area contributed by atoms with Crippen LogP contribution in [0.5, 0.6) is 0 Å². The fraction of sp³-hybridized carbons (Fsp3) is 0.591. The summed E-state index contributed by atoms with van der Waals surface area (Å²) in [5.41, 5.74) is 1.69. The number of carbonyl (C=O) groups is 1. The Morgan fingerprint density at radius 3 is 2.45 bits per heavy atom. The number of rotatable bonds is 5. The zero-order valence-electron chi connectivity index (χ0n) is 20.3. The molecule has 0 aliphatic carbocycles. The predicted octanol–water partition coefficient (Wildman–Crippen LogP) is 1.96. The van der Waals surface area contributed by atoms with Crippen LogP contribution in [0.4, 0.5) is 16.6 Å². The van der Waals surface area contributed by atoms with Crippen LogP contribution < -0.4 is 9.80 Å². The molecule has 0 unspecified atom stereocenters. The molecule has 1 aliphatic heterocycles. The lowest BCUT2D eigenvalue weighted by Gasteiger charge is -2.36. The number of piperazine rings is 1. The van der Waals surface area contributed by atoms with Crippen LogP contribution in [0.1, 0.15) is 20.8 Å². The minimum atomic E-state index is -0.510. The lowest BCUT2D eigenvalue weighted by atomic mass is 10.2. The Morgan fingerprint density at radius 2 is 1.79 bits per heavy atom. The number of carbonyl (C=O) groups excluding carboxylic acids is 1. The molecular formula is C22H33N9O2. The van der Waals surface area contributed by atoms with E-state index >= 15 is 0 Å². The molecule has 1 fully saturated rings. The third kappa shape index (κ3) is 5.08. The summed E-state index contributed by atoms with van der Waals surface area (Å²) in [6.07, 6.45) is 3.15. The molecule has 0 bridgehead atoms. The Labute approximate surface area is 193 Å². The maximum atomic E-state index is 12.5. The van der Waals surface area contributed by atoms with Crippen molar-refractivity contribution in [3.8, 4) is 0 Å². The zero-order valence-corrected chi connectivity index (χ0v) is 20.3. The number of hydrogen-bond acceptors (Lipinski definition) is 9. The first-order chi connectivity index (χ1) is 15.6. The van der Waals surface area contributed by atoms with Gasteiger partial charge in [0.15, 0.2) is 5.65 Å². The molecule has 33 heavy (non-hydrogen) atoms. The number of nitrogens with zero attached hydrogens (tertiary/aromatic N) is 8. The van der Waals surface area contributed by atoms with Gasteiger partial charge in [-0.1, -0.05) is 0 Å². The van der Waals surface area contributed by atoms with Crippen molar-refractivity contribution in [3.63, 3.8) is 0 Å². The monoisotopic (exact) mass is 455 g/mol. The molecule has 1 amide bonds. The van der Waals surface area contributed by atoms with E-state index in [1.165, 1.54) is 0 Å². The number of fused-ring (bicyclic) bond motifs is 3. The van der Waals surface area contributed by atoms with Gasteiger partial charge in [-0.3, -0.25) is 0 Å². The second kappa shape index (κ2) is 8.97. The van der Waals surface area contributed by atoms with E-state index in [0.29, 0.717) is 37.8 Å². The third-order valence-corrected chi connectivity index (χ3v) is 5.53. The summed E-state index contributed by atoms with van der Waals surface area (Å²) in [6, 6.07) is 0. The van der Waals surface area contributed by atoms with Gasteiger partial charge >= 0.3 is 6.09 Å². The first-order valence-electron chi connectivity index (χ1n) is 11.2. The topological polar surface area (TPSA) is 107 Å². The number of likely N-dealkylation sites (N-methyl/N-ethyl adjacent to an activating group) is 2. The van der Waals surface area contributed by atoms with Crippen LogP contribution in [-0.4, -0.2) is 107 Å². The van der Waals surface area contributed by atoms with Gasteiger partial charge in [0.2, 0.25) is 5.95 Å². The van der Waals surface area contributed by atoms with Crippen LogP contribution in [0.15, 0.2) is 12.5 Å². The summed E-state index contributed by atoms with van der Waals surface area (Å²) >= 11 is 0. The van der Waals surface area contributed by atoms with Gasteiger partial charge in [-0.05, 0) is 34.9 Å². The van der Waals surface area contributed by atoms with Gasteiger partial charge in [0.25, 0.3) is 0 Å². The van der Waals surface area contributed by atoms with E-state index in [-0.39, 0.29) is 6.09 Å². The van der Waals surface area contributed by atoms with Crippen molar-refractivity contribution in [1.82, 2.24) is 34.7 Å². The summed E-state index contributed by atoms with van der Waals surface area (Å²) in [7, 11) is 6.09. The fourth-order valence-electron chi connectivity index (χ4n) is 3.72. The van der Waals surface area contributed by atoms with Gasteiger partial charge in [0.05, 0.1) is 11.7 Å². The Morgan fingerprint density at radius 1 is 1.06 bits per heavy atom. The smallest absolute Gasteiger partial charge is 0.410 e. The maximum Gasteiger partial charge on any atom is 0.410 e. The SMILES string of the molecule is CN(C)CCN(C)c1nc(N2CCN(C(=O)OC(C)(C)C)CC2)c2cnc3[nH]cnc3c2n1. The van der Waals surface area contributed by atoms with Gasteiger partial charge < -0.3 is 29.3 Å². The van der Waals surface area contributed by atoms with Crippen molar-refractivity contribution < 1.29 is 9.53 Å². The number of pyridine rings is 1. The molecule has 0 radical (unpaired) electrons. The number of imidazole rings is 1. The average molecular weight is 456 g/mol.